The van der Waals surface area contributed by atoms with Gasteiger partial charge in [-0.05, 0) is 49.4 Å². The van der Waals surface area contributed by atoms with Crippen LogP contribution in [0.25, 0.3) is 0 Å². The maximum absolute atomic E-state index is 12.8. The van der Waals surface area contributed by atoms with Crippen LogP contribution in [0.1, 0.15) is 42.4 Å². The lowest BCUT2D eigenvalue weighted by atomic mass is 10.1. The molecule has 2 rings (SSSR count). The molecule has 0 bridgehead atoms. The summed E-state index contributed by atoms with van der Waals surface area (Å²) in [6.07, 6.45) is 4.07. The fraction of sp³-hybridized carbons (Fsp3) is 0.600. The molecule has 0 atom stereocenters. The second-order valence-electron chi connectivity index (χ2n) is 5.65. The highest BCUT2D eigenvalue weighted by atomic mass is 32.2. The predicted molar refractivity (Wildman–Crippen MR) is 79.0 cm³/mol. The van der Waals surface area contributed by atoms with Crippen molar-refractivity contribution in [3.05, 3.63) is 28.8 Å². The molecule has 0 unspecified atom stereocenters. The Hall–Kier alpha value is -0.910. The van der Waals surface area contributed by atoms with E-state index in [0.29, 0.717) is 10.5 Å². The molecule has 0 radical (unpaired) electrons. The molecule has 4 nitrogen and oxygen atoms in total. The van der Waals surface area contributed by atoms with Crippen molar-refractivity contribution < 1.29 is 13.5 Å². The maximum atomic E-state index is 12.8. The molecule has 0 aliphatic heterocycles. The molecule has 1 aliphatic carbocycles. The molecular weight excluding hydrogens is 274 g/mol. The van der Waals surface area contributed by atoms with Crippen LogP contribution in [-0.4, -0.2) is 30.9 Å². The van der Waals surface area contributed by atoms with Crippen LogP contribution < -0.4 is 0 Å². The van der Waals surface area contributed by atoms with Crippen molar-refractivity contribution in [1.82, 2.24) is 4.31 Å². The van der Waals surface area contributed by atoms with Crippen LogP contribution in [0.15, 0.2) is 17.0 Å². The molecule has 1 aromatic rings. The van der Waals surface area contributed by atoms with E-state index in [9.17, 15) is 13.5 Å². The zero-order chi connectivity index (χ0) is 14.9. The van der Waals surface area contributed by atoms with E-state index in [0.717, 1.165) is 36.8 Å². The SMILES string of the molecule is Cc1cc(CO)cc(S(=O)(=O)N(C)C2CCCC2)c1C. The number of hydrogen-bond acceptors (Lipinski definition) is 3. The Morgan fingerprint density at radius 3 is 2.40 bits per heavy atom. The van der Waals surface area contributed by atoms with Crippen LogP contribution >= 0.6 is 0 Å². The summed E-state index contributed by atoms with van der Waals surface area (Å²) in [7, 11) is -1.81. The first-order valence-electron chi connectivity index (χ1n) is 7.07. The highest BCUT2D eigenvalue weighted by molar-refractivity contribution is 7.89. The van der Waals surface area contributed by atoms with Gasteiger partial charge in [0, 0.05) is 13.1 Å². The highest BCUT2D eigenvalue weighted by Gasteiger charge is 2.31. The van der Waals surface area contributed by atoms with Crippen LogP contribution in [0.5, 0.6) is 0 Å². The third kappa shape index (κ3) is 2.75. The summed E-state index contributed by atoms with van der Waals surface area (Å²) in [4.78, 5) is 0.330. The topological polar surface area (TPSA) is 57.6 Å². The number of aliphatic hydroxyl groups is 1. The summed E-state index contributed by atoms with van der Waals surface area (Å²) in [6, 6.07) is 3.55. The Labute approximate surface area is 121 Å². The Morgan fingerprint density at radius 2 is 1.85 bits per heavy atom. The molecule has 1 aromatic carbocycles. The minimum Gasteiger partial charge on any atom is -0.392 e. The summed E-state index contributed by atoms with van der Waals surface area (Å²) in [6.45, 7) is 3.56. The first-order chi connectivity index (χ1) is 9.37. The molecule has 1 saturated carbocycles. The monoisotopic (exact) mass is 297 g/mol. The average molecular weight is 297 g/mol. The lowest BCUT2D eigenvalue weighted by molar-refractivity contribution is 0.281. The Bertz CT molecular complexity index is 589. The maximum Gasteiger partial charge on any atom is 0.243 e. The summed E-state index contributed by atoms with van der Waals surface area (Å²) >= 11 is 0. The predicted octanol–water partition coefficient (Wildman–Crippen LogP) is 2.36. The largest absolute Gasteiger partial charge is 0.392 e. The van der Waals surface area contributed by atoms with Crippen molar-refractivity contribution in [3.63, 3.8) is 0 Å². The summed E-state index contributed by atoms with van der Waals surface area (Å²) in [5, 5.41) is 9.28. The number of benzene rings is 1. The van der Waals surface area contributed by atoms with Gasteiger partial charge in [-0.2, -0.15) is 4.31 Å². The minimum atomic E-state index is -3.49. The quantitative estimate of drug-likeness (QED) is 0.928. The molecule has 112 valence electrons. The molecule has 5 heteroatoms. The van der Waals surface area contributed by atoms with Gasteiger partial charge in [0.15, 0.2) is 0 Å². The van der Waals surface area contributed by atoms with Gasteiger partial charge in [0.2, 0.25) is 10.0 Å². The smallest absolute Gasteiger partial charge is 0.243 e. The molecule has 0 amide bonds. The van der Waals surface area contributed by atoms with E-state index in [1.807, 2.05) is 19.9 Å². The van der Waals surface area contributed by atoms with E-state index < -0.39 is 10.0 Å². The van der Waals surface area contributed by atoms with Crippen molar-refractivity contribution in [1.29, 1.82) is 0 Å². The molecule has 1 fully saturated rings. The van der Waals surface area contributed by atoms with Gasteiger partial charge in [-0.1, -0.05) is 18.9 Å². The van der Waals surface area contributed by atoms with Crippen LogP contribution in [0.4, 0.5) is 0 Å². The fourth-order valence-corrected chi connectivity index (χ4v) is 4.64. The van der Waals surface area contributed by atoms with E-state index in [4.69, 9.17) is 0 Å². The number of aliphatic hydroxyl groups excluding tert-OH is 1. The lowest BCUT2D eigenvalue weighted by Crippen LogP contribution is -2.35. The molecule has 0 saturated heterocycles. The Morgan fingerprint density at radius 1 is 1.25 bits per heavy atom. The molecule has 0 spiro atoms. The zero-order valence-corrected chi connectivity index (χ0v) is 13.2. The van der Waals surface area contributed by atoms with Crippen LogP contribution in [0.2, 0.25) is 0 Å². The highest BCUT2D eigenvalue weighted by Crippen LogP contribution is 2.30. The van der Waals surface area contributed by atoms with Crippen molar-refractivity contribution >= 4 is 10.0 Å². The van der Waals surface area contributed by atoms with Crippen LogP contribution in [0, 0.1) is 13.8 Å². The third-order valence-corrected chi connectivity index (χ3v) is 6.39. The Kier molecular flexibility index (Phi) is 4.52. The average Bonchev–Trinajstić information content (AvgIpc) is 2.94. The summed E-state index contributed by atoms with van der Waals surface area (Å²) < 4.78 is 27.1. The number of sulfonamides is 1. The summed E-state index contributed by atoms with van der Waals surface area (Å²) in [5.74, 6) is 0. The van der Waals surface area contributed by atoms with Gasteiger partial charge in [0.25, 0.3) is 0 Å². The molecular formula is C15H23NO3S. The standard InChI is InChI=1S/C15H23NO3S/c1-11-8-13(10-17)9-15(12(11)2)20(18,19)16(3)14-6-4-5-7-14/h8-9,14,17H,4-7,10H2,1-3H3. The van der Waals surface area contributed by atoms with Gasteiger partial charge in [-0.3, -0.25) is 0 Å². The first kappa shape index (κ1) is 15.5. The third-order valence-electron chi connectivity index (χ3n) is 4.36. The number of nitrogens with zero attached hydrogens (tertiary/aromatic N) is 1. The van der Waals surface area contributed by atoms with E-state index in [-0.39, 0.29) is 12.6 Å². The molecule has 0 aromatic heterocycles. The van der Waals surface area contributed by atoms with E-state index in [1.54, 1.807) is 13.1 Å². The summed E-state index contributed by atoms with van der Waals surface area (Å²) in [5.41, 5.74) is 2.31. The second kappa shape index (κ2) is 5.84. The number of rotatable bonds is 4. The van der Waals surface area contributed by atoms with Crippen LogP contribution in [0.3, 0.4) is 0 Å². The minimum absolute atomic E-state index is 0.109. The molecule has 20 heavy (non-hydrogen) atoms. The fourth-order valence-electron chi connectivity index (χ4n) is 2.88. The molecule has 1 N–H and O–H groups in total. The van der Waals surface area contributed by atoms with Gasteiger partial charge in [-0.15, -0.1) is 0 Å². The van der Waals surface area contributed by atoms with Crippen molar-refractivity contribution in [2.45, 2.75) is 57.1 Å². The number of hydrogen-bond donors (Lipinski definition) is 1. The zero-order valence-electron chi connectivity index (χ0n) is 12.4. The van der Waals surface area contributed by atoms with Gasteiger partial charge < -0.3 is 5.11 Å². The van der Waals surface area contributed by atoms with Gasteiger partial charge in [-0.25, -0.2) is 8.42 Å². The van der Waals surface area contributed by atoms with Crippen molar-refractivity contribution in [2.75, 3.05) is 7.05 Å². The van der Waals surface area contributed by atoms with E-state index in [2.05, 4.69) is 0 Å². The van der Waals surface area contributed by atoms with Crippen molar-refractivity contribution in [2.24, 2.45) is 0 Å². The second-order valence-corrected chi connectivity index (χ2v) is 7.62. The van der Waals surface area contributed by atoms with Gasteiger partial charge >= 0.3 is 0 Å². The van der Waals surface area contributed by atoms with Crippen LogP contribution in [-0.2, 0) is 16.6 Å². The van der Waals surface area contributed by atoms with Gasteiger partial charge in [0.05, 0.1) is 11.5 Å². The normalized spacial score (nSPS) is 17.1. The van der Waals surface area contributed by atoms with Crippen molar-refractivity contribution in [3.8, 4) is 0 Å². The Balaban J connectivity index is 2.45. The van der Waals surface area contributed by atoms with E-state index >= 15 is 0 Å². The lowest BCUT2D eigenvalue weighted by Gasteiger charge is -2.25. The molecule has 1 aliphatic rings. The van der Waals surface area contributed by atoms with E-state index in [1.165, 1.54) is 4.31 Å². The van der Waals surface area contributed by atoms with Gasteiger partial charge in [0.1, 0.15) is 0 Å². The number of aryl methyl sites for hydroxylation is 1. The first-order valence-corrected chi connectivity index (χ1v) is 8.51. The molecule has 0 heterocycles.